The van der Waals surface area contributed by atoms with E-state index in [1.54, 1.807) is 7.11 Å². The van der Waals surface area contributed by atoms with Crippen molar-refractivity contribution >= 4 is 5.91 Å². The van der Waals surface area contributed by atoms with Crippen LogP contribution in [0.25, 0.3) is 0 Å². The van der Waals surface area contributed by atoms with E-state index >= 15 is 0 Å². The standard InChI is InChI=1S/C12H24N2O2/c1-12(2,11(13)15)8-14-9-6-4-5-7-10(9)16-3/h9-10,14H,4-8H2,1-3H3,(H2,13,15). The van der Waals surface area contributed by atoms with Gasteiger partial charge in [0.15, 0.2) is 0 Å². The number of amides is 1. The van der Waals surface area contributed by atoms with Crippen molar-refractivity contribution in [2.24, 2.45) is 11.1 Å². The molecule has 1 rings (SSSR count). The molecule has 1 aliphatic carbocycles. The highest BCUT2D eigenvalue weighted by molar-refractivity contribution is 5.80. The molecule has 0 aromatic carbocycles. The lowest BCUT2D eigenvalue weighted by molar-refractivity contribution is -0.126. The normalized spacial score (nSPS) is 26.7. The van der Waals surface area contributed by atoms with Crippen LogP contribution in [0, 0.1) is 5.41 Å². The number of ether oxygens (including phenoxy) is 1. The molecular formula is C12H24N2O2. The van der Waals surface area contributed by atoms with E-state index in [9.17, 15) is 4.79 Å². The van der Waals surface area contributed by atoms with Gasteiger partial charge in [-0.2, -0.15) is 0 Å². The molecule has 1 fully saturated rings. The summed E-state index contributed by atoms with van der Waals surface area (Å²) in [6.45, 7) is 4.35. The van der Waals surface area contributed by atoms with Gasteiger partial charge >= 0.3 is 0 Å². The minimum Gasteiger partial charge on any atom is -0.380 e. The van der Waals surface area contributed by atoms with Gasteiger partial charge in [-0.15, -0.1) is 0 Å². The van der Waals surface area contributed by atoms with Crippen LogP contribution in [0.2, 0.25) is 0 Å². The van der Waals surface area contributed by atoms with E-state index in [4.69, 9.17) is 10.5 Å². The molecular weight excluding hydrogens is 204 g/mol. The molecule has 1 saturated carbocycles. The summed E-state index contributed by atoms with van der Waals surface area (Å²) in [6.07, 6.45) is 4.96. The van der Waals surface area contributed by atoms with Gasteiger partial charge in [0.25, 0.3) is 0 Å². The molecule has 4 heteroatoms. The first kappa shape index (κ1) is 13.5. The largest absolute Gasteiger partial charge is 0.380 e. The van der Waals surface area contributed by atoms with Gasteiger partial charge in [-0.3, -0.25) is 4.79 Å². The lowest BCUT2D eigenvalue weighted by atomic mass is 9.89. The van der Waals surface area contributed by atoms with Gasteiger partial charge in [-0.05, 0) is 26.7 Å². The number of carbonyl (C=O) groups is 1. The molecule has 16 heavy (non-hydrogen) atoms. The average Bonchev–Trinajstić information content (AvgIpc) is 2.26. The van der Waals surface area contributed by atoms with Crippen LogP contribution in [0.3, 0.4) is 0 Å². The molecule has 94 valence electrons. The molecule has 0 aromatic rings. The Morgan fingerprint density at radius 3 is 2.62 bits per heavy atom. The summed E-state index contributed by atoms with van der Waals surface area (Å²) in [5, 5.41) is 3.42. The van der Waals surface area contributed by atoms with E-state index in [0.717, 1.165) is 12.8 Å². The Hall–Kier alpha value is -0.610. The highest BCUT2D eigenvalue weighted by atomic mass is 16.5. The second-order valence-electron chi connectivity index (χ2n) is 5.29. The molecule has 2 unspecified atom stereocenters. The average molecular weight is 228 g/mol. The lowest BCUT2D eigenvalue weighted by Gasteiger charge is -2.33. The highest BCUT2D eigenvalue weighted by Gasteiger charge is 2.29. The van der Waals surface area contributed by atoms with E-state index in [1.165, 1.54) is 12.8 Å². The van der Waals surface area contributed by atoms with Crippen LogP contribution in [0.5, 0.6) is 0 Å². The number of nitrogens with one attached hydrogen (secondary N) is 1. The molecule has 1 amide bonds. The van der Waals surface area contributed by atoms with Gasteiger partial charge in [0.05, 0.1) is 11.5 Å². The zero-order valence-electron chi connectivity index (χ0n) is 10.6. The monoisotopic (exact) mass is 228 g/mol. The number of carbonyl (C=O) groups excluding carboxylic acids is 1. The van der Waals surface area contributed by atoms with E-state index < -0.39 is 5.41 Å². The number of hydrogen-bond acceptors (Lipinski definition) is 3. The summed E-state index contributed by atoms with van der Waals surface area (Å²) in [5.74, 6) is -0.259. The molecule has 0 bridgehead atoms. The van der Waals surface area contributed by atoms with Crippen molar-refractivity contribution in [3.63, 3.8) is 0 Å². The molecule has 0 aliphatic heterocycles. The fourth-order valence-corrected chi connectivity index (χ4v) is 2.09. The fraction of sp³-hybridized carbons (Fsp3) is 0.917. The van der Waals surface area contributed by atoms with Crippen LogP contribution in [0.15, 0.2) is 0 Å². The third-order valence-corrected chi connectivity index (χ3v) is 3.48. The van der Waals surface area contributed by atoms with E-state index in [2.05, 4.69) is 5.32 Å². The number of nitrogens with two attached hydrogens (primary N) is 1. The summed E-state index contributed by atoms with van der Waals surface area (Å²) in [6, 6.07) is 0.359. The van der Waals surface area contributed by atoms with Crippen LogP contribution in [0.1, 0.15) is 39.5 Å². The zero-order valence-corrected chi connectivity index (χ0v) is 10.6. The maximum Gasteiger partial charge on any atom is 0.224 e. The first-order valence-electron chi connectivity index (χ1n) is 6.03. The molecule has 0 saturated heterocycles. The summed E-state index contributed by atoms with van der Waals surface area (Å²) >= 11 is 0. The predicted molar refractivity (Wildman–Crippen MR) is 64.0 cm³/mol. The minimum absolute atomic E-state index is 0.259. The van der Waals surface area contributed by atoms with Gasteiger partial charge in [0.2, 0.25) is 5.91 Å². The zero-order chi connectivity index (χ0) is 12.2. The van der Waals surface area contributed by atoms with Crippen molar-refractivity contribution < 1.29 is 9.53 Å². The number of primary amides is 1. The van der Waals surface area contributed by atoms with Crippen molar-refractivity contribution in [3.8, 4) is 0 Å². The van der Waals surface area contributed by atoms with E-state index in [-0.39, 0.29) is 12.0 Å². The van der Waals surface area contributed by atoms with Crippen LogP contribution in [-0.4, -0.2) is 31.7 Å². The summed E-state index contributed by atoms with van der Waals surface area (Å²) in [4.78, 5) is 11.2. The number of methoxy groups -OCH3 is 1. The second-order valence-corrected chi connectivity index (χ2v) is 5.29. The number of rotatable bonds is 5. The molecule has 2 atom stereocenters. The third-order valence-electron chi connectivity index (χ3n) is 3.48. The first-order valence-corrected chi connectivity index (χ1v) is 6.03. The number of hydrogen-bond donors (Lipinski definition) is 2. The Morgan fingerprint density at radius 2 is 2.06 bits per heavy atom. The smallest absolute Gasteiger partial charge is 0.224 e. The maximum absolute atomic E-state index is 11.2. The molecule has 1 aliphatic rings. The molecule has 4 nitrogen and oxygen atoms in total. The van der Waals surface area contributed by atoms with E-state index in [1.807, 2.05) is 13.8 Å². The van der Waals surface area contributed by atoms with Crippen LogP contribution in [0.4, 0.5) is 0 Å². The second kappa shape index (κ2) is 5.64. The molecule has 3 N–H and O–H groups in total. The van der Waals surface area contributed by atoms with E-state index in [0.29, 0.717) is 12.6 Å². The quantitative estimate of drug-likeness (QED) is 0.739. The molecule has 0 heterocycles. The van der Waals surface area contributed by atoms with Crippen molar-refractivity contribution in [2.75, 3.05) is 13.7 Å². The molecule has 0 spiro atoms. The van der Waals surface area contributed by atoms with Gasteiger partial charge < -0.3 is 15.8 Å². The van der Waals surface area contributed by atoms with Crippen LogP contribution in [-0.2, 0) is 9.53 Å². The van der Waals surface area contributed by atoms with Crippen molar-refractivity contribution in [1.82, 2.24) is 5.32 Å². The Bertz CT molecular complexity index is 241. The Balaban J connectivity index is 2.43. The first-order chi connectivity index (χ1) is 7.47. The fourth-order valence-electron chi connectivity index (χ4n) is 2.09. The predicted octanol–water partition coefficient (Wildman–Crippen LogP) is 1.05. The van der Waals surface area contributed by atoms with Crippen molar-refractivity contribution in [3.05, 3.63) is 0 Å². The van der Waals surface area contributed by atoms with Crippen molar-refractivity contribution in [2.45, 2.75) is 51.7 Å². The van der Waals surface area contributed by atoms with Gasteiger partial charge in [-0.1, -0.05) is 12.8 Å². The molecule has 0 radical (unpaired) electrons. The van der Waals surface area contributed by atoms with Crippen LogP contribution >= 0.6 is 0 Å². The Morgan fingerprint density at radius 1 is 1.44 bits per heavy atom. The summed E-state index contributed by atoms with van der Waals surface area (Å²) < 4.78 is 5.45. The van der Waals surface area contributed by atoms with Gasteiger partial charge in [0.1, 0.15) is 0 Å². The maximum atomic E-state index is 11.2. The summed E-state index contributed by atoms with van der Waals surface area (Å²) in [5.41, 5.74) is 4.85. The SMILES string of the molecule is COC1CCCCC1NCC(C)(C)C(N)=O. The minimum atomic E-state index is -0.490. The molecule has 0 aromatic heterocycles. The van der Waals surface area contributed by atoms with Crippen molar-refractivity contribution in [1.29, 1.82) is 0 Å². The van der Waals surface area contributed by atoms with Gasteiger partial charge in [0, 0.05) is 19.7 Å². The van der Waals surface area contributed by atoms with Gasteiger partial charge in [-0.25, -0.2) is 0 Å². The Kier molecular flexibility index (Phi) is 4.74. The third kappa shape index (κ3) is 3.46. The van der Waals surface area contributed by atoms with Crippen LogP contribution < -0.4 is 11.1 Å². The lowest BCUT2D eigenvalue weighted by Crippen LogP contribution is -2.49. The Labute approximate surface area is 97.9 Å². The summed E-state index contributed by atoms with van der Waals surface area (Å²) in [7, 11) is 1.75. The highest BCUT2D eigenvalue weighted by Crippen LogP contribution is 2.22. The topological polar surface area (TPSA) is 64.3 Å².